The number of likely N-dealkylation sites (tertiary alicyclic amines) is 1. The molecule has 10 heteroatoms. The van der Waals surface area contributed by atoms with Gasteiger partial charge in [-0.3, -0.25) is 4.90 Å². The number of aromatic nitrogens is 2. The predicted octanol–water partition coefficient (Wildman–Crippen LogP) is 4.45. The van der Waals surface area contributed by atoms with Crippen LogP contribution in [-0.4, -0.2) is 88.9 Å². The number of hydrogen-bond acceptors (Lipinski definition) is 8. The van der Waals surface area contributed by atoms with Crippen molar-refractivity contribution >= 4 is 28.4 Å². The van der Waals surface area contributed by atoms with Crippen molar-refractivity contribution in [2.75, 3.05) is 55.7 Å². The third-order valence-electron chi connectivity index (χ3n) is 9.26. The van der Waals surface area contributed by atoms with Crippen molar-refractivity contribution in [1.29, 1.82) is 5.26 Å². The van der Waals surface area contributed by atoms with Gasteiger partial charge in [-0.15, -0.1) is 12.3 Å². The smallest absolute Gasteiger partial charge is 0.407 e. The molecule has 1 aromatic heterocycles. The van der Waals surface area contributed by atoms with E-state index in [0.717, 1.165) is 56.0 Å². The van der Waals surface area contributed by atoms with Crippen LogP contribution in [0, 0.1) is 30.6 Å². The molecule has 10 nitrogen and oxygen atoms in total. The predicted molar refractivity (Wildman–Crippen MR) is 170 cm³/mol. The minimum atomic E-state index is -0.995. The number of amides is 1. The summed E-state index contributed by atoms with van der Waals surface area (Å²) in [7, 11) is 0. The lowest BCUT2D eigenvalue weighted by molar-refractivity contribution is 0.119. The standard InChI is InChI=1S/C34H39N7O3/c1-3-4-16-38-17-7-11-27(38)23-44-33-36-29-22-39(30-12-6-10-25-9-5-8-24(2)31(25)30)18-14-28(29)32(37-33)40-19-20-41(34(42)43)26(21-40)13-15-35/h1,5-6,8-10,12,26-27H,4,7,11,13-14,16-23H2,2H3,(H,42,43)/t26?,27-/m0/s1. The number of carbonyl (C=O) groups is 1. The molecule has 0 saturated carbocycles. The number of anilines is 2. The van der Waals surface area contributed by atoms with Gasteiger partial charge in [0.15, 0.2) is 0 Å². The monoisotopic (exact) mass is 593 g/mol. The zero-order valence-electron chi connectivity index (χ0n) is 25.3. The lowest BCUT2D eigenvalue weighted by Crippen LogP contribution is -2.55. The van der Waals surface area contributed by atoms with Crippen LogP contribution in [0.1, 0.15) is 42.5 Å². The van der Waals surface area contributed by atoms with E-state index in [4.69, 9.17) is 21.1 Å². The summed E-state index contributed by atoms with van der Waals surface area (Å²) in [5, 5.41) is 21.6. The first kappa shape index (κ1) is 29.5. The molecule has 0 bridgehead atoms. The minimum absolute atomic E-state index is 0.128. The number of piperazine rings is 1. The minimum Gasteiger partial charge on any atom is -0.465 e. The maximum Gasteiger partial charge on any atom is 0.407 e. The van der Waals surface area contributed by atoms with Crippen LogP contribution >= 0.6 is 0 Å². The summed E-state index contributed by atoms with van der Waals surface area (Å²) >= 11 is 0. The quantitative estimate of drug-likeness (QED) is 0.379. The van der Waals surface area contributed by atoms with Crippen LogP contribution in [0.25, 0.3) is 10.8 Å². The van der Waals surface area contributed by atoms with E-state index in [1.165, 1.54) is 26.9 Å². The largest absolute Gasteiger partial charge is 0.465 e. The topological polar surface area (TPSA) is 109 Å². The summed E-state index contributed by atoms with van der Waals surface area (Å²) < 4.78 is 6.34. The molecule has 2 fully saturated rings. The van der Waals surface area contributed by atoms with Gasteiger partial charge in [-0.1, -0.05) is 30.3 Å². The van der Waals surface area contributed by atoms with Gasteiger partial charge in [0.05, 0.1) is 30.8 Å². The molecule has 44 heavy (non-hydrogen) atoms. The van der Waals surface area contributed by atoms with E-state index >= 15 is 0 Å². The summed E-state index contributed by atoms with van der Waals surface area (Å²) in [6.07, 6.45) is 8.28. The fourth-order valence-corrected chi connectivity index (χ4v) is 7.03. The molecule has 2 atom stereocenters. The Morgan fingerprint density at radius 3 is 2.75 bits per heavy atom. The number of carboxylic acid groups (broad SMARTS) is 1. The van der Waals surface area contributed by atoms with Crippen molar-refractivity contribution in [1.82, 2.24) is 19.8 Å². The number of aryl methyl sites for hydroxylation is 1. The first-order chi connectivity index (χ1) is 21.5. The highest BCUT2D eigenvalue weighted by Gasteiger charge is 2.34. The number of benzene rings is 2. The maximum absolute atomic E-state index is 11.9. The average molecular weight is 594 g/mol. The maximum atomic E-state index is 11.9. The Balaban J connectivity index is 1.32. The molecule has 3 aromatic rings. The van der Waals surface area contributed by atoms with Gasteiger partial charge in [0.1, 0.15) is 12.4 Å². The molecule has 4 heterocycles. The van der Waals surface area contributed by atoms with Gasteiger partial charge in [0, 0.05) is 61.8 Å². The lowest BCUT2D eigenvalue weighted by Gasteiger charge is -2.41. The van der Waals surface area contributed by atoms with E-state index in [1.54, 1.807) is 0 Å². The molecule has 0 radical (unpaired) electrons. The van der Waals surface area contributed by atoms with Gasteiger partial charge in [-0.25, -0.2) is 4.79 Å². The summed E-state index contributed by atoms with van der Waals surface area (Å²) in [5.41, 5.74) is 4.42. The van der Waals surface area contributed by atoms with Crippen molar-refractivity contribution in [3.63, 3.8) is 0 Å². The van der Waals surface area contributed by atoms with Crippen LogP contribution in [0.5, 0.6) is 6.01 Å². The van der Waals surface area contributed by atoms with Crippen molar-refractivity contribution < 1.29 is 14.6 Å². The highest BCUT2D eigenvalue weighted by Crippen LogP contribution is 2.36. The van der Waals surface area contributed by atoms with Gasteiger partial charge in [-0.2, -0.15) is 15.2 Å². The number of terminal acetylenes is 1. The molecule has 2 aromatic carbocycles. The van der Waals surface area contributed by atoms with Crippen LogP contribution in [0.2, 0.25) is 0 Å². The molecule has 6 rings (SSSR count). The van der Waals surface area contributed by atoms with E-state index < -0.39 is 12.1 Å². The van der Waals surface area contributed by atoms with E-state index in [-0.39, 0.29) is 12.5 Å². The van der Waals surface area contributed by atoms with Crippen LogP contribution in [-0.2, 0) is 13.0 Å². The van der Waals surface area contributed by atoms with E-state index in [0.29, 0.717) is 45.2 Å². The van der Waals surface area contributed by atoms with E-state index in [2.05, 4.69) is 70.0 Å². The summed E-state index contributed by atoms with van der Waals surface area (Å²) in [6.45, 7) is 7.13. The molecule has 2 saturated heterocycles. The Bertz CT molecular complexity index is 1610. The van der Waals surface area contributed by atoms with Gasteiger partial charge in [0.25, 0.3) is 0 Å². The molecule has 3 aliphatic rings. The molecule has 228 valence electrons. The van der Waals surface area contributed by atoms with Gasteiger partial charge < -0.3 is 24.5 Å². The van der Waals surface area contributed by atoms with Crippen molar-refractivity contribution in [2.45, 2.75) is 57.7 Å². The summed E-state index contributed by atoms with van der Waals surface area (Å²) in [5.74, 6) is 3.54. The van der Waals surface area contributed by atoms with Crippen molar-refractivity contribution in [2.24, 2.45) is 0 Å². The first-order valence-corrected chi connectivity index (χ1v) is 15.5. The fourth-order valence-electron chi connectivity index (χ4n) is 7.03. The SMILES string of the molecule is C#CCCN1CCC[C@H]1COc1nc2c(c(N3CCN(C(=O)O)C(CC#N)C3)n1)CCN(c1cccc3cccc(C)c13)C2. The Kier molecular flexibility index (Phi) is 8.72. The molecule has 3 aliphatic heterocycles. The Hall–Kier alpha value is -4.54. The Labute approximate surface area is 258 Å². The van der Waals surface area contributed by atoms with Gasteiger partial charge in [-0.05, 0) is 49.7 Å². The van der Waals surface area contributed by atoms with Crippen LogP contribution in [0.4, 0.5) is 16.3 Å². The number of ether oxygens (including phenoxy) is 1. The van der Waals surface area contributed by atoms with Crippen molar-refractivity contribution in [3.05, 3.63) is 53.2 Å². The van der Waals surface area contributed by atoms with Crippen LogP contribution in [0.15, 0.2) is 36.4 Å². The number of nitriles is 1. The first-order valence-electron chi connectivity index (χ1n) is 15.5. The average Bonchev–Trinajstić information content (AvgIpc) is 3.49. The van der Waals surface area contributed by atoms with Gasteiger partial charge >= 0.3 is 12.1 Å². The van der Waals surface area contributed by atoms with E-state index in [1.807, 2.05) is 0 Å². The normalized spacial score (nSPS) is 20.3. The third-order valence-corrected chi connectivity index (χ3v) is 9.26. The van der Waals surface area contributed by atoms with Gasteiger partial charge in [0.2, 0.25) is 0 Å². The number of rotatable bonds is 8. The molecule has 0 spiro atoms. The second-order valence-corrected chi connectivity index (χ2v) is 11.9. The second kappa shape index (κ2) is 13.0. The zero-order chi connectivity index (χ0) is 30.6. The van der Waals surface area contributed by atoms with Crippen LogP contribution < -0.4 is 14.5 Å². The van der Waals surface area contributed by atoms with Crippen LogP contribution in [0.3, 0.4) is 0 Å². The number of nitrogens with zero attached hydrogens (tertiary/aromatic N) is 7. The second-order valence-electron chi connectivity index (χ2n) is 11.9. The Morgan fingerprint density at radius 2 is 1.95 bits per heavy atom. The lowest BCUT2D eigenvalue weighted by atomic mass is 9.99. The fraction of sp³-hybridized carbons (Fsp3) is 0.471. The number of hydrogen-bond donors (Lipinski definition) is 1. The summed E-state index contributed by atoms with van der Waals surface area (Å²) in [6, 6.07) is 15.2. The van der Waals surface area contributed by atoms with Crippen molar-refractivity contribution in [3.8, 4) is 24.4 Å². The summed E-state index contributed by atoms with van der Waals surface area (Å²) in [4.78, 5) is 30.1. The molecule has 1 unspecified atom stereocenters. The zero-order valence-corrected chi connectivity index (χ0v) is 25.3. The highest BCUT2D eigenvalue weighted by atomic mass is 16.5. The highest BCUT2D eigenvalue weighted by molar-refractivity contribution is 5.97. The molecule has 0 aliphatic carbocycles. The Morgan fingerprint density at radius 1 is 1.11 bits per heavy atom. The molecule has 1 amide bonds. The molecule has 1 N–H and O–H groups in total. The number of fused-ring (bicyclic) bond motifs is 2. The molecular formula is C34H39N7O3. The molecular weight excluding hydrogens is 554 g/mol. The third kappa shape index (κ3) is 5.95. The van der Waals surface area contributed by atoms with E-state index in [9.17, 15) is 15.2 Å².